The molecule has 0 saturated heterocycles. The summed E-state index contributed by atoms with van der Waals surface area (Å²) < 4.78 is 38.5. The van der Waals surface area contributed by atoms with Gasteiger partial charge in [-0.25, -0.2) is 9.36 Å². The maximum atomic E-state index is 15.0. The van der Waals surface area contributed by atoms with Crippen LogP contribution in [-0.4, -0.2) is 16.5 Å². The van der Waals surface area contributed by atoms with Crippen molar-refractivity contribution in [1.82, 2.24) is 0 Å². The summed E-state index contributed by atoms with van der Waals surface area (Å²) in [5, 5.41) is 5.73. The summed E-state index contributed by atoms with van der Waals surface area (Å²) in [7, 11) is -4.90. The number of hydrogen-bond acceptors (Lipinski definition) is 4. The van der Waals surface area contributed by atoms with E-state index in [-0.39, 0.29) is 11.5 Å². The van der Waals surface area contributed by atoms with Crippen LogP contribution >= 0.6 is 7.60 Å². The molecule has 1 atom stereocenters. The number of para-hydroxylation sites is 2. The Bertz CT molecular complexity index is 768. The molecule has 0 aliphatic carbocycles. The van der Waals surface area contributed by atoms with Gasteiger partial charge < -0.3 is 14.2 Å². The molecular weight excluding hydrogens is 334 g/mol. The minimum absolute atomic E-state index is 0.00191. The molecule has 1 unspecified atom stereocenters. The van der Waals surface area contributed by atoms with Crippen LogP contribution in [0.4, 0.5) is 4.39 Å². The lowest BCUT2D eigenvalue weighted by Crippen LogP contribution is -2.35. The number of benzene rings is 2. The van der Waals surface area contributed by atoms with E-state index in [0.717, 1.165) is 0 Å². The Hall–Kier alpha value is -2.77. The summed E-state index contributed by atoms with van der Waals surface area (Å²) in [5.74, 6) is 1.89. The molecule has 2 aromatic rings. The predicted molar refractivity (Wildman–Crippen MR) is 86.7 cm³/mol. The zero-order valence-electron chi connectivity index (χ0n) is 12.7. The fourth-order valence-corrected chi connectivity index (χ4v) is 3.36. The van der Waals surface area contributed by atoms with Crippen molar-refractivity contribution >= 4 is 13.6 Å². The highest BCUT2D eigenvalue weighted by molar-refractivity contribution is 7.57. The van der Waals surface area contributed by atoms with Gasteiger partial charge in [0.25, 0.3) is 0 Å². The first kappa shape index (κ1) is 17.6. The van der Waals surface area contributed by atoms with Crippen LogP contribution in [0, 0.1) is 11.8 Å². The highest BCUT2D eigenvalue weighted by Gasteiger charge is 2.61. The molecular formula is C17H14FO5P. The van der Waals surface area contributed by atoms with Gasteiger partial charge in [-0.1, -0.05) is 36.4 Å². The lowest BCUT2D eigenvalue weighted by Gasteiger charge is -2.26. The molecule has 0 spiro atoms. The van der Waals surface area contributed by atoms with Crippen LogP contribution in [0.25, 0.3) is 0 Å². The van der Waals surface area contributed by atoms with Crippen molar-refractivity contribution in [3.8, 4) is 23.3 Å². The number of carboxylic acid groups (broad SMARTS) is 1. The van der Waals surface area contributed by atoms with Gasteiger partial charge in [-0.05, 0) is 37.1 Å². The highest BCUT2D eigenvalue weighted by atomic mass is 31.2. The number of alkyl halides is 1. The van der Waals surface area contributed by atoms with E-state index >= 15 is 4.39 Å². The minimum atomic E-state index is -4.90. The summed E-state index contributed by atoms with van der Waals surface area (Å²) in [6.45, 7) is 1.23. The molecule has 5 nitrogen and oxygen atoms in total. The number of hydrogen-bond donors (Lipinski definition) is 1. The minimum Gasteiger partial charge on any atom is -0.478 e. The Labute approximate surface area is 138 Å². The molecule has 0 radical (unpaired) electrons. The van der Waals surface area contributed by atoms with Gasteiger partial charge >= 0.3 is 19.0 Å². The van der Waals surface area contributed by atoms with Gasteiger partial charge in [0.2, 0.25) is 0 Å². The Morgan fingerprint density at radius 1 is 1.04 bits per heavy atom. The van der Waals surface area contributed by atoms with Crippen LogP contribution in [0.5, 0.6) is 11.5 Å². The third kappa shape index (κ3) is 3.58. The van der Waals surface area contributed by atoms with E-state index in [1.807, 2.05) is 5.92 Å². The fraction of sp³-hybridized carbons (Fsp3) is 0.118. The first-order valence-corrected chi connectivity index (χ1v) is 8.41. The van der Waals surface area contributed by atoms with Gasteiger partial charge in [0.05, 0.1) is 0 Å². The Morgan fingerprint density at radius 2 is 1.46 bits per heavy atom. The summed E-state index contributed by atoms with van der Waals surface area (Å²) in [6, 6.07) is 15.2. The fourth-order valence-electron chi connectivity index (χ4n) is 1.79. The van der Waals surface area contributed by atoms with E-state index in [0.29, 0.717) is 0 Å². The second kappa shape index (κ2) is 7.20. The Kier molecular flexibility index (Phi) is 5.28. The third-order valence-electron chi connectivity index (χ3n) is 2.89. The van der Waals surface area contributed by atoms with Crippen LogP contribution in [0.3, 0.4) is 0 Å². The van der Waals surface area contributed by atoms with Crippen molar-refractivity contribution < 1.29 is 27.9 Å². The summed E-state index contributed by atoms with van der Waals surface area (Å²) >= 11 is 0. The summed E-state index contributed by atoms with van der Waals surface area (Å²) in [4.78, 5) is 11.4. The van der Waals surface area contributed by atoms with Crippen molar-refractivity contribution in [1.29, 1.82) is 0 Å². The summed E-state index contributed by atoms with van der Waals surface area (Å²) in [5.41, 5.74) is 0. The highest BCUT2D eigenvalue weighted by Crippen LogP contribution is 2.60. The molecule has 1 N–H and O–H groups in total. The van der Waals surface area contributed by atoms with Crippen LogP contribution in [0.15, 0.2) is 60.7 Å². The number of carbonyl (C=O) groups is 1. The van der Waals surface area contributed by atoms with E-state index in [1.165, 1.54) is 31.2 Å². The second-order valence-electron chi connectivity index (χ2n) is 4.61. The van der Waals surface area contributed by atoms with E-state index in [1.54, 1.807) is 36.4 Å². The zero-order valence-corrected chi connectivity index (χ0v) is 13.6. The van der Waals surface area contributed by atoms with Crippen molar-refractivity contribution in [3.05, 3.63) is 60.7 Å². The lowest BCUT2D eigenvalue weighted by atomic mass is 10.3. The van der Waals surface area contributed by atoms with Crippen LogP contribution in [0.1, 0.15) is 6.92 Å². The first-order valence-electron chi connectivity index (χ1n) is 6.87. The maximum absolute atomic E-state index is 15.0. The molecule has 124 valence electrons. The zero-order chi connectivity index (χ0) is 17.6. The van der Waals surface area contributed by atoms with E-state index < -0.39 is 19.0 Å². The largest absolute Gasteiger partial charge is 0.492 e. The van der Waals surface area contributed by atoms with E-state index in [9.17, 15) is 14.5 Å². The average molecular weight is 348 g/mol. The average Bonchev–Trinajstić information content (AvgIpc) is 2.56. The monoisotopic (exact) mass is 348 g/mol. The van der Waals surface area contributed by atoms with Crippen molar-refractivity contribution in [2.24, 2.45) is 0 Å². The number of halogens is 1. The molecule has 0 heterocycles. The molecule has 0 saturated carbocycles. The maximum Gasteiger partial charge on any atom is 0.492 e. The predicted octanol–water partition coefficient (Wildman–Crippen LogP) is 4.11. The van der Waals surface area contributed by atoms with Crippen molar-refractivity contribution in [2.45, 2.75) is 12.3 Å². The van der Waals surface area contributed by atoms with Crippen LogP contribution < -0.4 is 9.05 Å². The van der Waals surface area contributed by atoms with Gasteiger partial charge in [0.1, 0.15) is 11.5 Å². The second-order valence-corrected chi connectivity index (χ2v) is 6.58. The number of aliphatic carboxylic acids is 1. The Morgan fingerprint density at radius 3 is 1.79 bits per heavy atom. The number of carboxylic acids is 1. The van der Waals surface area contributed by atoms with Gasteiger partial charge in [0, 0.05) is 0 Å². The molecule has 24 heavy (non-hydrogen) atoms. The normalized spacial score (nSPS) is 13.1. The topological polar surface area (TPSA) is 72.8 Å². The quantitative estimate of drug-likeness (QED) is 0.628. The standard InChI is InChI=1S/C17H14FO5P/c1-2-13-17(18,16(19)20)24(21,22-14-9-5-3-6-10-14)23-15-11-7-4-8-12-15/h3-12H,1H3,(H,19,20). The molecule has 0 aliphatic heterocycles. The van der Waals surface area contributed by atoms with Crippen molar-refractivity contribution in [2.75, 3.05) is 0 Å². The van der Waals surface area contributed by atoms with Gasteiger partial charge in [-0.15, -0.1) is 5.92 Å². The van der Waals surface area contributed by atoms with Gasteiger partial charge in [0.15, 0.2) is 0 Å². The molecule has 0 aromatic heterocycles. The lowest BCUT2D eigenvalue weighted by molar-refractivity contribution is -0.143. The molecule has 0 bridgehead atoms. The smallest absolute Gasteiger partial charge is 0.478 e. The molecule has 0 fully saturated rings. The van der Waals surface area contributed by atoms with E-state index in [4.69, 9.17) is 9.05 Å². The third-order valence-corrected chi connectivity index (χ3v) is 4.85. The molecule has 0 aliphatic rings. The first-order chi connectivity index (χ1) is 11.4. The van der Waals surface area contributed by atoms with Crippen LogP contribution in [-0.2, 0) is 9.36 Å². The molecule has 2 aromatic carbocycles. The molecule has 2 rings (SSSR count). The van der Waals surface area contributed by atoms with Gasteiger partial charge in [-0.2, -0.15) is 4.39 Å². The van der Waals surface area contributed by atoms with Gasteiger partial charge in [-0.3, -0.25) is 0 Å². The van der Waals surface area contributed by atoms with Crippen molar-refractivity contribution in [3.63, 3.8) is 0 Å². The molecule has 7 heteroatoms. The van der Waals surface area contributed by atoms with Crippen LogP contribution in [0.2, 0.25) is 0 Å². The Balaban J connectivity index is 2.53. The van der Waals surface area contributed by atoms with E-state index in [2.05, 4.69) is 5.92 Å². The molecule has 0 amide bonds. The SMILES string of the molecule is CC#CC(F)(C(=O)O)P(=O)(Oc1ccccc1)Oc1ccccc1. The number of rotatable bonds is 6. The summed E-state index contributed by atoms with van der Waals surface area (Å²) in [6.07, 6.45) is 0.